The van der Waals surface area contributed by atoms with Gasteiger partial charge in [-0.1, -0.05) is 0 Å². The van der Waals surface area contributed by atoms with Gasteiger partial charge in [0.2, 0.25) is 5.91 Å². The van der Waals surface area contributed by atoms with E-state index in [0.717, 1.165) is 38.9 Å². The SMILES string of the molecule is CC(C)(C)N1CCC(NC(=O)CC2CCCN2)CC1. The first kappa shape index (κ1) is 14.8. The van der Waals surface area contributed by atoms with Gasteiger partial charge in [-0.15, -0.1) is 0 Å². The molecule has 2 fully saturated rings. The zero-order valence-corrected chi connectivity index (χ0v) is 12.7. The van der Waals surface area contributed by atoms with Crippen molar-refractivity contribution in [1.82, 2.24) is 15.5 Å². The number of hydrogen-bond acceptors (Lipinski definition) is 3. The monoisotopic (exact) mass is 267 g/mol. The first-order valence-electron chi connectivity index (χ1n) is 7.73. The van der Waals surface area contributed by atoms with Crippen molar-refractivity contribution in [3.63, 3.8) is 0 Å². The second kappa shape index (κ2) is 6.23. The maximum Gasteiger partial charge on any atom is 0.221 e. The Morgan fingerprint density at radius 2 is 1.95 bits per heavy atom. The van der Waals surface area contributed by atoms with Crippen molar-refractivity contribution in [2.24, 2.45) is 0 Å². The third-order valence-electron chi connectivity index (χ3n) is 4.40. The minimum Gasteiger partial charge on any atom is -0.353 e. The summed E-state index contributed by atoms with van der Waals surface area (Å²) in [5.74, 6) is 0.230. The Hall–Kier alpha value is -0.610. The Labute approximate surface area is 117 Å². The van der Waals surface area contributed by atoms with Gasteiger partial charge >= 0.3 is 0 Å². The van der Waals surface area contributed by atoms with E-state index in [1.165, 1.54) is 6.42 Å². The fourth-order valence-electron chi connectivity index (χ4n) is 3.14. The summed E-state index contributed by atoms with van der Waals surface area (Å²) in [7, 11) is 0. The largest absolute Gasteiger partial charge is 0.353 e. The zero-order chi connectivity index (χ0) is 13.9. The standard InChI is InChI=1S/C15H29N3O/c1-15(2,3)18-9-6-12(7-10-18)17-14(19)11-13-5-4-8-16-13/h12-13,16H,4-11H2,1-3H3,(H,17,19). The fourth-order valence-corrected chi connectivity index (χ4v) is 3.14. The van der Waals surface area contributed by atoms with Gasteiger partial charge in [0, 0.05) is 37.1 Å². The normalized spacial score (nSPS) is 26.6. The molecular formula is C15H29N3O. The lowest BCUT2D eigenvalue weighted by molar-refractivity contribution is -0.122. The summed E-state index contributed by atoms with van der Waals surface area (Å²) in [6.07, 6.45) is 5.18. The molecule has 2 aliphatic rings. The van der Waals surface area contributed by atoms with E-state index in [4.69, 9.17) is 0 Å². The van der Waals surface area contributed by atoms with Gasteiger partial charge in [-0.25, -0.2) is 0 Å². The highest BCUT2D eigenvalue weighted by atomic mass is 16.1. The molecule has 0 saturated carbocycles. The third kappa shape index (κ3) is 4.46. The average Bonchev–Trinajstić information content (AvgIpc) is 2.81. The lowest BCUT2D eigenvalue weighted by Gasteiger charge is -2.41. The number of piperidine rings is 1. The minimum absolute atomic E-state index is 0.230. The van der Waals surface area contributed by atoms with Crippen LogP contribution in [-0.4, -0.2) is 48.1 Å². The first-order valence-corrected chi connectivity index (χ1v) is 7.73. The van der Waals surface area contributed by atoms with Crippen LogP contribution in [0.2, 0.25) is 0 Å². The highest BCUT2D eigenvalue weighted by molar-refractivity contribution is 5.76. The Morgan fingerprint density at radius 1 is 1.26 bits per heavy atom. The van der Waals surface area contributed by atoms with E-state index in [0.29, 0.717) is 18.5 Å². The number of rotatable bonds is 3. The topological polar surface area (TPSA) is 44.4 Å². The molecular weight excluding hydrogens is 238 g/mol. The zero-order valence-electron chi connectivity index (χ0n) is 12.7. The van der Waals surface area contributed by atoms with Crippen LogP contribution in [0.1, 0.15) is 52.9 Å². The Bertz CT molecular complexity index is 297. The summed E-state index contributed by atoms with van der Waals surface area (Å²) in [5, 5.41) is 6.59. The van der Waals surface area contributed by atoms with Gasteiger partial charge in [0.15, 0.2) is 0 Å². The first-order chi connectivity index (χ1) is 8.95. The molecule has 2 rings (SSSR count). The summed E-state index contributed by atoms with van der Waals surface area (Å²) in [6.45, 7) is 10.0. The van der Waals surface area contributed by atoms with Crippen molar-refractivity contribution < 1.29 is 4.79 Å². The molecule has 2 aliphatic heterocycles. The lowest BCUT2D eigenvalue weighted by Crippen LogP contribution is -2.51. The molecule has 0 bridgehead atoms. The van der Waals surface area contributed by atoms with E-state index in [9.17, 15) is 4.79 Å². The summed E-state index contributed by atoms with van der Waals surface area (Å²) in [4.78, 5) is 14.5. The van der Waals surface area contributed by atoms with Crippen LogP contribution >= 0.6 is 0 Å². The molecule has 19 heavy (non-hydrogen) atoms. The van der Waals surface area contributed by atoms with Gasteiger partial charge in [-0.3, -0.25) is 9.69 Å². The molecule has 1 atom stereocenters. The highest BCUT2D eigenvalue weighted by Crippen LogP contribution is 2.20. The molecule has 4 heteroatoms. The second-order valence-corrected chi connectivity index (χ2v) is 7.00. The van der Waals surface area contributed by atoms with Gasteiger partial charge in [-0.2, -0.15) is 0 Å². The number of carbonyl (C=O) groups is 1. The maximum atomic E-state index is 12.0. The number of nitrogens with one attached hydrogen (secondary N) is 2. The summed E-state index contributed by atoms with van der Waals surface area (Å²) < 4.78 is 0. The van der Waals surface area contributed by atoms with Crippen LogP contribution in [0.5, 0.6) is 0 Å². The molecule has 0 aliphatic carbocycles. The van der Waals surface area contributed by atoms with E-state index in [2.05, 4.69) is 36.3 Å². The molecule has 2 N–H and O–H groups in total. The third-order valence-corrected chi connectivity index (χ3v) is 4.40. The maximum absolute atomic E-state index is 12.0. The van der Waals surface area contributed by atoms with E-state index in [-0.39, 0.29) is 11.4 Å². The van der Waals surface area contributed by atoms with Gasteiger partial charge in [-0.05, 0) is 53.0 Å². The smallest absolute Gasteiger partial charge is 0.221 e. The molecule has 4 nitrogen and oxygen atoms in total. The van der Waals surface area contributed by atoms with Crippen molar-refractivity contribution >= 4 is 5.91 Å². The molecule has 0 aromatic heterocycles. The van der Waals surface area contributed by atoms with Crippen molar-refractivity contribution in [1.29, 1.82) is 0 Å². The summed E-state index contributed by atoms with van der Waals surface area (Å²) >= 11 is 0. The van der Waals surface area contributed by atoms with Crippen LogP contribution in [0.4, 0.5) is 0 Å². The van der Waals surface area contributed by atoms with Crippen molar-refractivity contribution in [3.8, 4) is 0 Å². The highest BCUT2D eigenvalue weighted by Gasteiger charge is 2.28. The molecule has 2 heterocycles. The predicted molar refractivity (Wildman–Crippen MR) is 78.1 cm³/mol. The number of carbonyl (C=O) groups excluding carboxylic acids is 1. The Balaban J connectivity index is 1.68. The number of nitrogens with zero attached hydrogens (tertiary/aromatic N) is 1. The van der Waals surface area contributed by atoms with Crippen molar-refractivity contribution in [3.05, 3.63) is 0 Å². The van der Waals surface area contributed by atoms with Crippen molar-refractivity contribution in [2.75, 3.05) is 19.6 Å². The van der Waals surface area contributed by atoms with Crippen LogP contribution in [0.3, 0.4) is 0 Å². The summed E-state index contributed by atoms with van der Waals surface area (Å²) in [6, 6.07) is 0.794. The van der Waals surface area contributed by atoms with Crippen LogP contribution in [0.15, 0.2) is 0 Å². The fraction of sp³-hybridized carbons (Fsp3) is 0.933. The van der Waals surface area contributed by atoms with E-state index < -0.39 is 0 Å². The number of likely N-dealkylation sites (tertiary alicyclic amines) is 1. The summed E-state index contributed by atoms with van der Waals surface area (Å²) in [5.41, 5.74) is 0.253. The van der Waals surface area contributed by atoms with Gasteiger partial charge in [0.1, 0.15) is 0 Å². The lowest BCUT2D eigenvalue weighted by atomic mass is 9.98. The molecule has 1 unspecified atom stereocenters. The van der Waals surface area contributed by atoms with Crippen LogP contribution in [0, 0.1) is 0 Å². The van der Waals surface area contributed by atoms with Crippen LogP contribution < -0.4 is 10.6 Å². The van der Waals surface area contributed by atoms with Crippen LogP contribution in [-0.2, 0) is 4.79 Å². The van der Waals surface area contributed by atoms with Gasteiger partial charge < -0.3 is 10.6 Å². The van der Waals surface area contributed by atoms with E-state index >= 15 is 0 Å². The predicted octanol–water partition coefficient (Wildman–Crippen LogP) is 1.51. The second-order valence-electron chi connectivity index (χ2n) is 7.00. The van der Waals surface area contributed by atoms with E-state index in [1.807, 2.05) is 0 Å². The average molecular weight is 267 g/mol. The Kier molecular flexibility index (Phi) is 4.85. The minimum atomic E-state index is 0.230. The molecule has 0 radical (unpaired) electrons. The quantitative estimate of drug-likeness (QED) is 0.814. The molecule has 110 valence electrons. The molecule has 2 saturated heterocycles. The van der Waals surface area contributed by atoms with Crippen LogP contribution in [0.25, 0.3) is 0 Å². The molecule has 0 spiro atoms. The number of hydrogen-bond donors (Lipinski definition) is 2. The van der Waals surface area contributed by atoms with Crippen molar-refractivity contribution in [2.45, 2.75) is 70.5 Å². The Morgan fingerprint density at radius 3 is 2.47 bits per heavy atom. The van der Waals surface area contributed by atoms with Gasteiger partial charge in [0.25, 0.3) is 0 Å². The van der Waals surface area contributed by atoms with Gasteiger partial charge in [0.05, 0.1) is 0 Å². The molecule has 1 amide bonds. The number of amides is 1. The molecule has 0 aromatic carbocycles. The van der Waals surface area contributed by atoms with E-state index in [1.54, 1.807) is 0 Å². The molecule has 0 aromatic rings.